The fraction of sp³-hybridized carbons (Fsp3) is 0.556. The van der Waals surface area contributed by atoms with Gasteiger partial charge in [0, 0.05) is 19.4 Å². The quantitative estimate of drug-likeness (QED) is 0.472. The molecule has 0 saturated carbocycles. The third-order valence-corrected chi connectivity index (χ3v) is 2.64. The largest absolute Gasteiger partial charge is 0.457 e. The van der Waals surface area contributed by atoms with Crippen molar-refractivity contribution in [1.29, 1.82) is 0 Å². The zero-order valence-electron chi connectivity index (χ0n) is 9.17. The van der Waals surface area contributed by atoms with Gasteiger partial charge in [0.15, 0.2) is 0 Å². The first-order valence-corrected chi connectivity index (χ1v) is 5.49. The van der Waals surface area contributed by atoms with Crippen molar-refractivity contribution in [1.82, 2.24) is 9.55 Å². The molecule has 0 amide bonds. The van der Waals surface area contributed by atoms with Crippen LogP contribution in [0.3, 0.4) is 0 Å². The van der Waals surface area contributed by atoms with Crippen LogP contribution in [0.2, 0.25) is 0 Å². The highest BCUT2D eigenvalue weighted by Gasteiger charge is 2.55. The first-order chi connectivity index (χ1) is 8.13. The molecule has 4 nitrogen and oxygen atoms in total. The van der Waals surface area contributed by atoms with Gasteiger partial charge in [0.1, 0.15) is 18.9 Å². The number of halogens is 5. The predicted octanol–water partition coefficient (Wildman–Crippen LogP) is 2.48. The number of hydrogen-bond acceptors (Lipinski definition) is 3. The summed E-state index contributed by atoms with van der Waals surface area (Å²) in [6, 6.07) is 0. The third-order valence-electron chi connectivity index (χ3n) is 2.06. The van der Waals surface area contributed by atoms with Gasteiger partial charge in [-0.1, -0.05) is 0 Å². The maximum Gasteiger partial charge on any atom is 0.363 e. The van der Waals surface area contributed by atoms with Crippen LogP contribution in [0.1, 0.15) is 12.2 Å². The normalized spacial score (nSPS) is 12.6. The number of aryl methyl sites for hydroxylation is 1. The molecule has 0 aliphatic heterocycles. The molecule has 0 unspecified atom stereocenters. The Morgan fingerprint density at radius 3 is 2.56 bits per heavy atom. The van der Waals surface area contributed by atoms with Gasteiger partial charge in [-0.05, 0) is 15.9 Å². The van der Waals surface area contributed by atoms with Gasteiger partial charge in [0.25, 0.3) is 0 Å². The molecule has 18 heavy (non-hydrogen) atoms. The molecule has 0 saturated heterocycles. The molecule has 0 spiro atoms. The van der Waals surface area contributed by atoms with Crippen LogP contribution in [-0.4, -0.2) is 26.3 Å². The summed E-state index contributed by atoms with van der Waals surface area (Å²) in [6.07, 6.45) is 1.27. The number of esters is 1. The zero-order chi connectivity index (χ0) is 14.0. The molecule has 0 N–H and O–H groups in total. The van der Waals surface area contributed by atoms with E-state index in [4.69, 9.17) is 0 Å². The fourth-order valence-corrected chi connectivity index (χ4v) is 1.15. The highest BCUT2D eigenvalue weighted by atomic mass is 79.9. The summed E-state index contributed by atoms with van der Waals surface area (Å²) in [5.41, 5.74) is 0. The third kappa shape index (κ3) is 3.69. The standard InChI is InChI=1S/C9H9BrF4N2O2/c1-16-3-2-15-6(16)5-18-7(17)4-8(11,12)9(10,13)14/h2-3H,4-5H2,1H3. The van der Waals surface area contributed by atoms with E-state index in [-0.39, 0.29) is 6.61 Å². The van der Waals surface area contributed by atoms with Crippen molar-refractivity contribution in [3.63, 3.8) is 0 Å². The molecule has 0 bridgehead atoms. The van der Waals surface area contributed by atoms with Crippen LogP contribution in [0.4, 0.5) is 17.6 Å². The Morgan fingerprint density at radius 2 is 2.11 bits per heavy atom. The van der Waals surface area contributed by atoms with E-state index in [0.717, 1.165) is 0 Å². The van der Waals surface area contributed by atoms with Crippen molar-refractivity contribution in [2.75, 3.05) is 0 Å². The number of carbonyl (C=O) groups is 1. The first kappa shape index (κ1) is 14.9. The molecule has 1 rings (SSSR count). The Morgan fingerprint density at radius 1 is 1.50 bits per heavy atom. The smallest absolute Gasteiger partial charge is 0.363 e. The molecule has 9 heteroatoms. The number of ether oxygens (including phenoxy) is 1. The predicted molar refractivity (Wildman–Crippen MR) is 56.4 cm³/mol. The molecule has 0 aromatic carbocycles. The van der Waals surface area contributed by atoms with Crippen molar-refractivity contribution in [2.45, 2.75) is 23.8 Å². The maximum atomic E-state index is 12.8. The van der Waals surface area contributed by atoms with Gasteiger partial charge >= 0.3 is 16.7 Å². The number of aromatic nitrogens is 2. The molecular weight excluding hydrogens is 324 g/mol. The number of carbonyl (C=O) groups excluding carboxylic acids is 1. The van der Waals surface area contributed by atoms with Crippen molar-refractivity contribution >= 4 is 21.9 Å². The summed E-state index contributed by atoms with van der Waals surface area (Å²) in [7, 11) is 1.61. The van der Waals surface area contributed by atoms with Crippen LogP contribution in [-0.2, 0) is 23.2 Å². The second-order valence-electron chi connectivity index (χ2n) is 3.49. The molecule has 1 aromatic rings. The Kier molecular flexibility index (Phi) is 4.36. The average molecular weight is 333 g/mol. The summed E-state index contributed by atoms with van der Waals surface area (Å²) >= 11 is 1.52. The minimum atomic E-state index is -4.51. The van der Waals surface area contributed by atoms with Gasteiger partial charge in [-0.3, -0.25) is 4.79 Å². The molecule has 102 valence electrons. The molecule has 1 aromatic heterocycles. The summed E-state index contributed by atoms with van der Waals surface area (Å²) in [5.74, 6) is -5.62. The summed E-state index contributed by atoms with van der Waals surface area (Å²) in [5, 5.41) is 0. The molecule has 0 aliphatic carbocycles. The van der Waals surface area contributed by atoms with E-state index in [9.17, 15) is 22.4 Å². The minimum absolute atomic E-state index is 0.317. The lowest BCUT2D eigenvalue weighted by atomic mass is 10.2. The monoisotopic (exact) mass is 332 g/mol. The number of alkyl halides is 5. The van der Waals surface area contributed by atoms with Gasteiger partial charge in [-0.15, -0.1) is 0 Å². The number of imidazole rings is 1. The summed E-state index contributed by atoms with van der Waals surface area (Å²) in [4.78, 5) is 10.3. The minimum Gasteiger partial charge on any atom is -0.457 e. The van der Waals surface area contributed by atoms with Gasteiger partial charge in [-0.25, -0.2) is 4.98 Å². The van der Waals surface area contributed by atoms with E-state index < -0.39 is 23.1 Å². The van der Waals surface area contributed by atoms with Crippen molar-refractivity contribution in [2.24, 2.45) is 7.05 Å². The van der Waals surface area contributed by atoms with E-state index in [1.165, 1.54) is 26.7 Å². The molecule has 0 atom stereocenters. The molecule has 0 fully saturated rings. The highest BCUT2D eigenvalue weighted by molar-refractivity contribution is 9.10. The van der Waals surface area contributed by atoms with E-state index in [0.29, 0.717) is 5.82 Å². The van der Waals surface area contributed by atoms with Crippen LogP contribution in [0, 0.1) is 0 Å². The number of nitrogens with zero attached hydrogens (tertiary/aromatic N) is 2. The van der Waals surface area contributed by atoms with Crippen molar-refractivity contribution in [3.8, 4) is 0 Å². The summed E-state index contributed by atoms with van der Waals surface area (Å²) < 4.78 is 56.3. The SMILES string of the molecule is Cn1ccnc1COC(=O)CC(F)(F)C(F)(F)Br. The van der Waals surface area contributed by atoms with Crippen LogP contribution in [0.5, 0.6) is 0 Å². The maximum absolute atomic E-state index is 12.8. The number of rotatable bonds is 5. The van der Waals surface area contributed by atoms with Crippen LogP contribution >= 0.6 is 15.9 Å². The second-order valence-corrected chi connectivity index (χ2v) is 4.49. The van der Waals surface area contributed by atoms with Crippen molar-refractivity contribution < 1.29 is 27.1 Å². The Labute approximate surface area is 108 Å². The van der Waals surface area contributed by atoms with Gasteiger partial charge < -0.3 is 9.30 Å². The Balaban J connectivity index is 2.51. The molecule has 0 radical (unpaired) electrons. The lowest BCUT2D eigenvalue weighted by Gasteiger charge is -2.20. The highest BCUT2D eigenvalue weighted by Crippen LogP contribution is 2.41. The first-order valence-electron chi connectivity index (χ1n) is 4.70. The average Bonchev–Trinajstić information content (AvgIpc) is 2.58. The van der Waals surface area contributed by atoms with Crippen LogP contribution < -0.4 is 0 Å². The fourth-order valence-electron chi connectivity index (χ4n) is 1.01. The van der Waals surface area contributed by atoms with Gasteiger partial charge in [0.2, 0.25) is 0 Å². The van der Waals surface area contributed by atoms with Crippen molar-refractivity contribution in [3.05, 3.63) is 18.2 Å². The topological polar surface area (TPSA) is 44.1 Å². The molecule has 0 aliphatic rings. The van der Waals surface area contributed by atoms with E-state index >= 15 is 0 Å². The Hall–Kier alpha value is -1.12. The van der Waals surface area contributed by atoms with E-state index in [1.807, 2.05) is 0 Å². The lowest BCUT2D eigenvalue weighted by molar-refractivity contribution is -0.176. The van der Waals surface area contributed by atoms with E-state index in [1.54, 1.807) is 13.2 Å². The lowest BCUT2D eigenvalue weighted by Crippen LogP contribution is -2.37. The Bertz CT molecular complexity index is 430. The van der Waals surface area contributed by atoms with Crippen LogP contribution in [0.25, 0.3) is 0 Å². The zero-order valence-corrected chi connectivity index (χ0v) is 10.8. The summed E-state index contributed by atoms with van der Waals surface area (Å²) in [6.45, 7) is -0.355. The van der Waals surface area contributed by atoms with Gasteiger partial charge in [0.05, 0.1) is 0 Å². The number of hydrogen-bond donors (Lipinski definition) is 0. The molecular formula is C9H9BrF4N2O2. The molecule has 1 heterocycles. The van der Waals surface area contributed by atoms with Gasteiger partial charge in [-0.2, -0.15) is 17.6 Å². The second kappa shape index (κ2) is 5.25. The van der Waals surface area contributed by atoms with E-state index in [2.05, 4.69) is 9.72 Å². The van der Waals surface area contributed by atoms with Crippen LogP contribution in [0.15, 0.2) is 12.4 Å².